The van der Waals surface area contributed by atoms with Gasteiger partial charge >= 0.3 is 23.5 Å². The molecule has 1 aliphatic carbocycles. The van der Waals surface area contributed by atoms with Crippen molar-refractivity contribution in [2.45, 2.75) is 50.4 Å². The molecule has 0 aliphatic heterocycles. The number of phosphoric acid groups is 3. The summed E-state index contributed by atoms with van der Waals surface area (Å²) in [5, 5.41) is 28.1. The van der Waals surface area contributed by atoms with Crippen LogP contribution in [0.25, 0.3) is 11.2 Å². The predicted octanol–water partition coefficient (Wildman–Crippen LogP) is 2.40. The van der Waals surface area contributed by atoms with E-state index in [1.165, 1.54) is 12.7 Å². The number of nitrogens with zero attached hydrogens (tertiary/aromatic N) is 4. The molecule has 1 saturated carbocycles. The normalized spacial score (nSPS) is 24.3. The highest BCUT2D eigenvalue weighted by molar-refractivity contribution is 7.67. The number of unbranched alkanes of at least 4 members (excludes halogenated alkanes) is 3. The molecule has 5 N–H and O–H groups in total. The Labute approximate surface area is 258 Å². The predicted molar refractivity (Wildman–Crippen MR) is 153 cm³/mol. The molecule has 0 spiro atoms. The van der Waals surface area contributed by atoms with E-state index in [1.807, 2.05) is 7.05 Å². The molecule has 1 fully saturated rings. The molecular formula is C21H39N6O15P3. The van der Waals surface area contributed by atoms with Crippen LogP contribution in [0.15, 0.2) is 12.7 Å². The lowest BCUT2D eigenvalue weighted by atomic mass is 10.1. The van der Waals surface area contributed by atoms with Gasteiger partial charge in [0.05, 0.1) is 46.4 Å². The summed E-state index contributed by atoms with van der Waals surface area (Å²) in [5.41, 5.74) is 0.866. The number of anilines is 1. The van der Waals surface area contributed by atoms with Gasteiger partial charge in [0.1, 0.15) is 17.9 Å². The van der Waals surface area contributed by atoms with Crippen LogP contribution in [-0.2, 0) is 55.5 Å². The Morgan fingerprint density at radius 1 is 0.889 bits per heavy atom. The van der Waals surface area contributed by atoms with Crippen molar-refractivity contribution in [1.82, 2.24) is 24.8 Å². The molecular weight excluding hydrogens is 669 g/mol. The van der Waals surface area contributed by atoms with Gasteiger partial charge in [0, 0.05) is 12.5 Å². The minimum Gasteiger partial charge on any atom is -0.390 e. The number of hydrogen-bond acceptors (Lipinski definition) is 19. The highest BCUT2D eigenvalue weighted by atomic mass is 31.3. The Bertz CT molecular complexity index is 1350. The molecule has 258 valence electrons. The second-order valence-corrected chi connectivity index (χ2v) is 14.3. The van der Waals surface area contributed by atoms with E-state index in [-0.39, 0.29) is 6.42 Å². The summed E-state index contributed by atoms with van der Waals surface area (Å²) in [7, 11) is -11.3. The minimum atomic E-state index is -5.39. The molecule has 21 nitrogen and oxygen atoms in total. The van der Waals surface area contributed by atoms with Gasteiger partial charge in [-0.1, -0.05) is 12.8 Å². The summed E-state index contributed by atoms with van der Waals surface area (Å²) >= 11 is 0. The maximum Gasteiger partial charge on any atom is 0.520 e. The molecule has 0 saturated heterocycles. The molecule has 3 rings (SSSR count). The summed E-state index contributed by atoms with van der Waals surface area (Å²) in [6, 6.07) is -0.755. The third-order valence-electron chi connectivity index (χ3n) is 6.48. The monoisotopic (exact) mass is 708 g/mol. The maximum atomic E-state index is 13.2. The minimum absolute atomic E-state index is 0.0520. The zero-order valence-corrected chi connectivity index (χ0v) is 27.7. The van der Waals surface area contributed by atoms with Crippen molar-refractivity contribution in [1.29, 1.82) is 0 Å². The van der Waals surface area contributed by atoms with E-state index in [4.69, 9.17) is 4.52 Å². The molecule has 45 heavy (non-hydrogen) atoms. The fraction of sp³-hybridized carbons (Fsp3) is 0.762. The van der Waals surface area contributed by atoms with Crippen molar-refractivity contribution in [2.24, 2.45) is 5.92 Å². The van der Waals surface area contributed by atoms with Crippen LogP contribution in [-0.4, -0.2) is 94.9 Å². The van der Waals surface area contributed by atoms with Crippen molar-refractivity contribution in [3.05, 3.63) is 12.7 Å². The van der Waals surface area contributed by atoms with Crippen molar-refractivity contribution < 1.29 is 70.6 Å². The van der Waals surface area contributed by atoms with Crippen molar-refractivity contribution >= 4 is 40.4 Å². The number of fused-ring (bicyclic) bond motifs is 1. The van der Waals surface area contributed by atoms with Gasteiger partial charge in [0.25, 0.3) is 0 Å². The van der Waals surface area contributed by atoms with Gasteiger partial charge in [0.15, 0.2) is 11.5 Å². The Morgan fingerprint density at radius 3 is 2.22 bits per heavy atom. The van der Waals surface area contributed by atoms with Gasteiger partial charge < -0.3 is 30.3 Å². The first-order chi connectivity index (χ1) is 21.4. The lowest BCUT2D eigenvalue weighted by Crippen LogP contribution is -2.30. The number of aliphatic hydroxyl groups excluding tert-OH is 2. The highest BCUT2D eigenvalue weighted by Gasteiger charge is 2.50. The Balaban J connectivity index is 1.69. The lowest BCUT2D eigenvalue weighted by molar-refractivity contribution is -0.215. The van der Waals surface area contributed by atoms with E-state index in [9.17, 15) is 28.8 Å². The molecule has 1 aliphatic rings. The van der Waals surface area contributed by atoms with E-state index < -0.39 is 54.2 Å². The Hall–Kier alpha value is -1.48. The van der Waals surface area contributed by atoms with Crippen molar-refractivity contribution in [3.63, 3.8) is 0 Å². The first-order valence-electron chi connectivity index (χ1n) is 13.6. The van der Waals surface area contributed by atoms with Gasteiger partial charge in [-0.15, -0.1) is 14.0 Å². The molecule has 2 aromatic rings. The van der Waals surface area contributed by atoms with E-state index in [2.05, 4.69) is 62.9 Å². The molecule has 7 atom stereocenters. The van der Waals surface area contributed by atoms with Crippen LogP contribution in [0.1, 0.15) is 38.1 Å². The second-order valence-electron chi connectivity index (χ2n) is 9.58. The third-order valence-corrected chi connectivity index (χ3v) is 11.2. The third kappa shape index (κ3) is 10.8. The van der Waals surface area contributed by atoms with E-state index >= 15 is 0 Å². The number of nitrogens with one attached hydrogen (secondary N) is 2. The summed E-state index contributed by atoms with van der Waals surface area (Å²) in [6.07, 6.45) is 4.28. The van der Waals surface area contributed by atoms with Crippen molar-refractivity contribution in [3.8, 4) is 0 Å². The smallest absolute Gasteiger partial charge is 0.390 e. The lowest BCUT2D eigenvalue weighted by Gasteiger charge is -2.23. The second kappa shape index (κ2) is 17.6. The van der Waals surface area contributed by atoms with Gasteiger partial charge in [0.2, 0.25) is 0 Å². The van der Waals surface area contributed by atoms with Gasteiger partial charge in [-0.2, -0.15) is 8.62 Å². The van der Waals surface area contributed by atoms with Crippen LogP contribution < -0.4 is 10.6 Å². The van der Waals surface area contributed by atoms with Crippen LogP contribution in [0.2, 0.25) is 0 Å². The summed E-state index contributed by atoms with van der Waals surface area (Å²) in [6.45, 7) is 1.02. The van der Waals surface area contributed by atoms with Gasteiger partial charge in [-0.25, -0.2) is 43.3 Å². The summed E-state index contributed by atoms with van der Waals surface area (Å²) < 4.78 is 66.3. The van der Waals surface area contributed by atoms with Crippen LogP contribution in [0.5, 0.6) is 0 Å². The van der Waals surface area contributed by atoms with E-state index in [1.54, 1.807) is 4.57 Å². The Kier molecular flexibility index (Phi) is 14.9. The number of imidazole rings is 1. The van der Waals surface area contributed by atoms with Crippen molar-refractivity contribution in [2.75, 3.05) is 53.4 Å². The highest BCUT2D eigenvalue weighted by Crippen LogP contribution is 2.72. The van der Waals surface area contributed by atoms with E-state index in [0.29, 0.717) is 23.5 Å². The topological polar surface area (TPSA) is 263 Å². The summed E-state index contributed by atoms with van der Waals surface area (Å²) in [4.78, 5) is 35.1. The number of rotatable bonds is 22. The first-order valence-corrected chi connectivity index (χ1v) is 18.0. The average molecular weight is 708 g/mol. The van der Waals surface area contributed by atoms with Gasteiger partial charge in [-0.05, 0) is 32.9 Å². The number of aromatic nitrogens is 4. The maximum absolute atomic E-state index is 13.2. The van der Waals surface area contributed by atoms with Crippen LogP contribution >= 0.6 is 23.5 Å². The quantitative estimate of drug-likeness (QED) is 0.0509. The van der Waals surface area contributed by atoms with Crippen LogP contribution in [0.4, 0.5) is 5.82 Å². The largest absolute Gasteiger partial charge is 0.520 e. The number of aliphatic hydroxyl groups is 2. The molecule has 0 radical (unpaired) electrons. The molecule has 0 bridgehead atoms. The molecule has 0 aromatic carbocycles. The van der Waals surface area contributed by atoms with Gasteiger partial charge in [-0.3, -0.25) is 4.52 Å². The SMILES string of the molecule is CNCCCCCCNc1ncnc2c1ncn2C1CC(COP(=O)(OOC)OP(=O)(OOC)OP(=O)(O)OOC)C(O)C1O. The average Bonchev–Trinajstić information content (AvgIpc) is 3.52. The Morgan fingerprint density at radius 2 is 1.56 bits per heavy atom. The molecule has 2 aromatic heterocycles. The van der Waals surface area contributed by atoms with Crippen LogP contribution in [0, 0.1) is 5.92 Å². The zero-order valence-electron chi connectivity index (χ0n) is 25.0. The molecule has 7 unspecified atom stereocenters. The molecule has 24 heteroatoms. The molecule has 0 amide bonds. The van der Waals surface area contributed by atoms with E-state index in [0.717, 1.165) is 53.6 Å². The summed E-state index contributed by atoms with van der Waals surface area (Å²) in [5.74, 6) is -0.392. The zero-order chi connectivity index (χ0) is 33.1. The standard InChI is InChI=1S/C21H39N6O15P3/c1-22-9-7-5-6-8-10-23-20-17-21(25-13-24-20)27(14-26-17)16-11-15(18(28)19(16)29)12-37-44(32,39-35-3)42-45(33,40-36-4)41-43(30,31)38-34-2/h13-16,18-19,22,28-29H,5-12H2,1-4H3,(H,30,31)(H,23,24,25). The molecule has 2 heterocycles. The fourth-order valence-corrected chi connectivity index (χ4v) is 8.55. The van der Waals surface area contributed by atoms with Crippen LogP contribution in [0.3, 0.4) is 0 Å². The fourth-order valence-electron chi connectivity index (χ4n) is 4.58. The first kappa shape index (κ1) is 38.0. The number of hydrogen-bond donors (Lipinski definition) is 5.